The van der Waals surface area contributed by atoms with Crippen molar-refractivity contribution in [2.24, 2.45) is 5.92 Å². The average molecular weight is 289 g/mol. The fourth-order valence-electron chi connectivity index (χ4n) is 3.73. The Labute approximate surface area is 125 Å². The molecule has 0 saturated carbocycles. The number of anilines is 1. The third-order valence-electron chi connectivity index (χ3n) is 4.93. The van der Waals surface area contributed by atoms with Crippen molar-refractivity contribution in [2.45, 2.75) is 19.0 Å². The topological polar surface area (TPSA) is 53.5 Å². The van der Waals surface area contributed by atoms with Gasteiger partial charge < -0.3 is 15.0 Å². The standard InChI is InChI=1S/C15H23N5O/c1-2-20(14-10-16-9-13(1)14)11-12-7-17-15(18-8-12)19-3-5-21-6-4-19/h7-8,13-14,16H,1-6,9-11H2/t13-,14+/m0/s1. The van der Waals surface area contributed by atoms with Crippen LogP contribution < -0.4 is 10.2 Å². The van der Waals surface area contributed by atoms with Crippen LogP contribution in [0.1, 0.15) is 12.0 Å². The molecular formula is C15H23N5O. The minimum absolute atomic E-state index is 0.712. The number of nitrogens with zero attached hydrogens (tertiary/aromatic N) is 4. The largest absolute Gasteiger partial charge is 0.378 e. The number of likely N-dealkylation sites (tertiary alicyclic amines) is 1. The number of rotatable bonds is 3. The molecule has 1 N–H and O–H groups in total. The Morgan fingerprint density at radius 3 is 2.76 bits per heavy atom. The van der Waals surface area contributed by atoms with E-state index in [2.05, 4.69) is 25.1 Å². The number of morpholine rings is 1. The van der Waals surface area contributed by atoms with Gasteiger partial charge in [0.1, 0.15) is 0 Å². The predicted octanol–water partition coefficient (Wildman–Crippen LogP) is 0.107. The van der Waals surface area contributed by atoms with Gasteiger partial charge in [0.15, 0.2) is 0 Å². The van der Waals surface area contributed by atoms with Crippen LogP contribution in [0, 0.1) is 5.92 Å². The summed E-state index contributed by atoms with van der Waals surface area (Å²) in [6, 6.07) is 0.712. The van der Waals surface area contributed by atoms with Crippen molar-refractivity contribution in [3.05, 3.63) is 18.0 Å². The van der Waals surface area contributed by atoms with Crippen LogP contribution in [0.15, 0.2) is 12.4 Å². The summed E-state index contributed by atoms with van der Waals surface area (Å²) in [7, 11) is 0. The first-order chi connectivity index (χ1) is 10.4. The second-order valence-corrected chi connectivity index (χ2v) is 6.24. The molecule has 2 atom stereocenters. The van der Waals surface area contributed by atoms with E-state index < -0.39 is 0 Å². The van der Waals surface area contributed by atoms with E-state index in [9.17, 15) is 0 Å². The van der Waals surface area contributed by atoms with E-state index in [1.807, 2.05) is 12.4 Å². The highest BCUT2D eigenvalue weighted by atomic mass is 16.5. The number of hydrogen-bond acceptors (Lipinski definition) is 6. The third-order valence-corrected chi connectivity index (χ3v) is 4.93. The predicted molar refractivity (Wildman–Crippen MR) is 80.2 cm³/mol. The number of ether oxygens (including phenoxy) is 1. The van der Waals surface area contributed by atoms with Crippen molar-refractivity contribution >= 4 is 5.95 Å². The highest BCUT2D eigenvalue weighted by molar-refractivity contribution is 5.30. The first-order valence-electron chi connectivity index (χ1n) is 7.98. The summed E-state index contributed by atoms with van der Waals surface area (Å²) in [6.45, 7) is 7.84. The molecule has 3 fully saturated rings. The molecule has 0 bridgehead atoms. The van der Waals surface area contributed by atoms with Crippen LogP contribution in [0.2, 0.25) is 0 Å². The van der Waals surface area contributed by atoms with Gasteiger partial charge >= 0.3 is 0 Å². The monoisotopic (exact) mass is 289 g/mol. The third kappa shape index (κ3) is 2.75. The first-order valence-corrected chi connectivity index (χ1v) is 7.98. The van der Waals surface area contributed by atoms with Crippen LogP contribution in [0.25, 0.3) is 0 Å². The molecular weight excluding hydrogens is 266 g/mol. The van der Waals surface area contributed by atoms with Crippen LogP contribution in [0.3, 0.4) is 0 Å². The molecule has 0 aliphatic carbocycles. The molecule has 3 saturated heterocycles. The summed E-state index contributed by atoms with van der Waals surface area (Å²) in [5.74, 6) is 1.68. The van der Waals surface area contributed by atoms with E-state index in [-0.39, 0.29) is 0 Å². The Balaban J connectivity index is 1.39. The van der Waals surface area contributed by atoms with E-state index in [4.69, 9.17) is 4.74 Å². The molecule has 6 nitrogen and oxygen atoms in total. The lowest BCUT2D eigenvalue weighted by molar-refractivity contribution is 0.122. The quantitative estimate of drug-likeness (QED) is 0.852. The lowest BCUT2D eigenvalue weighted by atomic mass is 10.1. The van der Waals surface area contributed by atoms with Crippen LogP contribution in [-0.2, 0) is 11.3 Å². The maximum atomic E-state index is 5.36. The first kappa shape index (κ1) is 13.4. The summed E-state index contributed by atoms with van der Waals surface area (Å²) in [5, 5.41) is 3.50. The molecule has 4 heterocycles. The minimum Gasteiger partial charge on any atom is -0.378 e. The van der Waals surface area contributed by atoms with Gasteiger partial charge in [-0.15, -0.1) is 0 Å². The van der Waals surface area contributed by atoms with Gasteiger partial charge in [-0.05, 0) is 25.4 Å². The van der Waals surface area contributed by atoms with Crippen LogP contribution in [-0.4, -0.2) is 66.8 Å². The van der Waals surface area contributed by atoms with Crippen molar-refractivity contribution in [1.29, 1.82) is 0 Å². The van der Waals surface area contributed by atoms with E-state index in [0.717, 1.165) is 51.3 Å². The normalized spacial score (nSPS) is 29.8. The second kappa shape index (κ2) is 5.87. The van der Waals surface area contributed by atoms with Gasteiger partial charge in [0.25, 0.3) is 0 Å². The van der Waals surface area contributed by atoms with E-state index >= 15 is 0 Å². The Morgan fingerprint density at radius 1 is 1.14 bits per heavy atom. The molecule has 0 unspecified atom stereocenters. The van der Waals surface area contributed by atoms with Crippen molar-refractivity contribution in [2.75, 3.05) is 50.8 Å². The summed E-state index contributed by atoms with van der Waals surface area (Å²) < 4.78 is 5.36. The van der Waals surface area contributed by atoms with Gasteiger partial charge in [0.2, 0.25) is 5.95 Å². The molecule has 3 aliphatic heterocycles. The van der Waals surface area contributed by atoms with E-state index in [1.54, 1.807) is 0 Å². The minimum atomic E-state index is 0.712. The van der Waals surface area contributed by atoms with Gasteiger partial charge in [-0.1, -0.05) is 0 Å². The molecule has 21 heavy (non-hydrogen) atoms. The molecule has 6 heteroatoms. The molecule has 0 radical (unpaired) electrons. The van der Waals surface area contributed by atoms with Crippen LogP contribution in [0.5, 0.6) is 0 Å². The molecule has 4 rings (SSSR count). The molecule has 0 spiro atoms. The van der Waals surface area contributed by atoms with Crippen molar-refractivity contribution in [1.82, 2.24) is 20.2 Å². The SMILES string of the molecule is c1nc(N2CCOCC2)ncc1CN1CC[C@H]2CNC[C@H]21. The molecule has 3 aliphatic rings. The number of hydrogen-bond donors (Lipinski definition) is 1. The summed E-state index contributed by atoms with van der Waals surface area (Å²) in [5.41, 5.74) is 1.22. The highest BCUT2D eigenvalue weighted by Gasteiger charge is 2.37. The molecule has 114 valence electrons. The summed E-state index contributed by atoms with van der Waals surface area (Å²) >= 11 is 0. The van der Waals surface area contributed by atoms with Crippen molar-refractivity contribution in [3.63, 3.8) is 0 Å². The van der Waals surface area contributed by atoms with E-state index in [0.29, 0.717) is 6.04 Å². The zero-order valence-corrected chi connectivity index (χ0v) is 12.4. The van der Waals surface area contributed by atoms with Gasteiger partial charge in [0, 0.05) is 50.2 Å². The average Bonchev–Trinajstić information content (AvgIpc) is 3.14. The summed E-state index contributed by atoms with van der Waals surface area (Å²) in [4.78, 5) is 13.9. The lowest BCUT2D eigenvalue weighted by Crippen LogP contribution is -2.37. The van der Waals surface area contributed by atoms with Crippen molar-refractivity contribution < 1.29 is 4.74 Å². The maximum Gasteiger partial charge on any atom is 0.225 e. The molecule has 1 aromatic heterocycles. The zero-order chi connectivity index (χ0) is 14.1. The van der Waals surface area contributed by atoms with Gasteiger partial charge in [-0.3, -0.25) is 4.90 Å². The van der Waals surface area contributed by atoms with Crippen LogP contribution in [0.4, 0.5) is 5.95 Å². The van der Waals surface area contributed by atoms with Gasteiger partial charge in [0.05, 0.1) is 13.2 Å². The zero-order valence-electron chi connectivity index (χ0n) is 12.4. The fourth-order valence-corrected chi connectivity index (χ4v) is 3.73. The molecule has 0 amide bonds. The Hall–Kier alpha value is -1.24. The van der Waals surface area contributed by atoms with Gasteiger partial charge in [-0.2, -0.15) is 0 Å². The van der Waals surface area contributed by atoms with Crippen molar-refractivity contribution in [3.8, 4) is 0 Å². The van der Waals surface area contributed by atoms with Crippen LogP contribution >= 0.6 is 0 Å². The maximum absolute atomic E-state index is 5.36. The fraction of sp³-hybridized carbons (Fsp3) is 0.733. The van der Waals surface area contributed by atoms with E-state index in [1.165, 1.54) is 25.1 Å². The summed E-state index contributed by atoms with van der Waals surface area (Å²) in [6.07, 6.45) is 5.31. The number of aromatic nitrogens is 2. The van der Waals surface area contributed by atoms with Gasteiger partial charge in [-0.25, -0.2) is 9.97 Å². The second-order valence-electron chi connectivity index (χ2n) is 6.24. The Morgan fingerprint density at radius 2 is 1.95 bits per heavy atom. The Bertz CT molecular complexity index is 473. The lowest BCUT2D eigenvalue weighted by Gasteiger charge is -2.27. The molecule has 1 aromatic rings. The highest BCUT2D eigenvalue weighted by Crippen LogP contribution is 2.28. The number of nitrogens with one attached hydrogen (secondary N) is 1. The molecule has 0 aromatic carbocycles. The number of fused-ring (bicyclic) bond motifs is 1. The Kier molecular flexibility index (Phi) is 3.75. The smallest absolute Gasteiger partial charge is 0.225 e.